The molecule has 0 saturated carbocycles. The van der Waals surface area contributed by atoms with Gasteiger partial charge in [0.15, 0.2) is 0 Å². The lowest BCUT2D eigenvalue weighted by molar-refractivity contribution is -0.145. The molecule has 2 aromatic rings. The molecule has 0 unspecified atom stereocenters. The van der Waals surface area contributed by atoms with Gasteiger partial charge in [-0.1, -0.05) is 28.1 Å². The molecule has 0 aromatic heterocycles. The summed E-state index contributed by atoms with van der Waals surface area (Å²) < 4.78 is 32.0. The quantitative estimate of drug-likeness (QED) is 0.742. The van der Waals surface area contributed by atoms with E-state index in [0.717, 1.165) is 28.2 Å². The molecule has 7 heteroatoms. The Morgan fingerprint density at radius 2 is 1.80 bits per heavy atom. The number of nitrogens with one attached hydrogen (secondary N) is 1. The second kappa shape index (κ2) is 8.71. The summed E-state index contributed by atoms with van der Waals surface area (Å²) in [7, 11) is 1.23. The van der Waals surface area contributed by atoms with Crippen LogP contribution in [0.1, 0.15) is 11.1 Å². The fraction of sp³-hybridized carbons (Fsp3) is 0.222. The Balaban J connectivity index is 2.08. The molecule has 2 rings (SSSR count). The van der Waals surface area contributed by atoms with Gasteiger partial charge in [0.1, 0.15) is 17.7 Å². The zero-order valence-electron chi connectivity index (χ0n) is 13.4. The Labute approximate surface area is 152 Å². The topological polar surface area (TPSA) is 55.4 Å². The minimum absolute atomic E-state index is 0.182. The molecule has 2 aromatic carbocycles. The molecule has 0 aliphatic heterocycles. The van der Waals surface area contributed by atoms with Gasteiger partial charge in [-0.15, -0.1) is 0 Å². The number of methoxy groups -OCH3 is 1. The van der Waals surface area contributed by atoms with Crippen molar-refractivity contribution in [2.24, 2.45) is 0 Å². The third-order valence-electron chi connectivity index (χ3n) is 3.44. The van der Waals surface area contributed by atoms with Crippen LogP contribution >= 0.6 is 15.9 Å². The first-order valence-electron chi connectivity index (χ1n) is 7.44. The van der Waals surface area contributed by atoms with Crippen LogP contribution in [0.25, 0.3) is 0 Å². The van der Waals surface area contributed by atoms with E-state index < -0.39 is 29.6 Å². The van der Waals surface area contributed by atoms with Gasteiger partial charge in [0, 0.05) is 17.0 Å². The Morgan fingerprint density at radius 3 is 2.40 bits per heavy atom. The van der Waals surface area contributed by atoms with Crippen LogP contribution in [0.15, 0.2) is 46.9 Å². The summed E-state index contributed by atoms with van der Waals surface area (Å²) in [5.41, 5.74) is 1.00. The van der Waals surface area contributed by atoms with Gasteiger partial charge in [0.2, 0.25) is 5.91 Å². The van der Waals surface area contributed by atoms with Crippen LogP contribution in [-0.2, 0) is 27.2 Å². The molecule has 132 valence electrons. The molecule has 0 bridgehead atoms. The van der Waals surface area contributed by atoms with Crippen molar-refractivity contribution in [1.82, 2.24) is 5.32 Å². The highest BCUT2D eigenvalue weighted by Crippen LogP contribution is 2.14. The van der Waals surface area contributed by atoms with Crippen molar-refractivity contribution in [2.45, 2.75) is 18.9 Å². The number of carbonyl (C=O) groups is 2. The summed E-state index contributed by atoms with van der Waals surface area (Å²) in [6.45, 7) is 0. The Bertz CT molecular complexity index is 762. The summed E-state index contributed by atoms with van der Waals surface area (Å²) in [4.78, 5) is 24.1. The number of esters is 1. The first-order valence-corrected chi connectivity index (χ1v) is 8.23. The molecular formula is C18H16BrF2NO3. The van der Waals surface area contributed by atoms with Crippen molar-refractivity contribution in [1.29, 1.82) is 0 Å². The molecule has 4 nitrogen and oxygen atoms in total. The summed E-state index contributed by atoms with van der Waals surface area (Å²) in [6, 6.07) is 9.27. The number of benzene rings is 2. The number of hydrogen-bond acceptors (Lipinski definition) is 3. The molecule has 1 amide bonds. The van der Waals surface area contributed by atoms with Gasteiger partial charge in [-0.05, 0) is 35.4 Å². The maximum absolute atomic E-state index is 13.2. The van der Waals surface area contributed by atoms with Gasteiger partial charge in [0.05, 0.1) is 13.5 Å². The zero-order valence-corrected chi connectivity index (χ0v) is 15.0. The van der Waals surface area contributed by atoms with E-state index in [-0.39, 0.29) is 18.4 Å². The van der Waals surface area contributed by atoms with E-state index in [0.29, 0.717) is 0 Å². The molecule has 0 heterocycles. The van der Waals surface area contributed by atoms with Crippen molar-refractivity contribution in [3.63, 3.8) is 0 Å². The second-order valence-electron chi connectivity index (χ2n) is 5.43. The van der Waals surface area contributed by atoms with Crippen LogP contribution in [0.5, 0.6) is 0 Å². The lowest BCUT2D eigenvalue weighted by Crippen LogP contribution is -2.43. The average molecular weight is 412 g/mol. The van der Waals surface area contributed by atoms with Crippen molar-refractivity contribution in [3.05, 3.63) is 69.7 Å². The van der Waals surface area contributed by atoms with Gasteiger partial charge < -0.3 is 10.1 Å². The standard InChI is InChI=1S/C18H16BrF2NO3/c1-25-18(24)16(8-11-3-2-4-13(19)5-11)22-17(23)9-12-6-14(20)10-15(21)7-12/h2-7,10,16H,8-9H2,1H3,(H,22,23)/t16-/m1/s1. The predicted molar refractivity (Wildman–Crippen MR) is 91.9 cm³/mol. The van der Waals surface area contributed by atoms with E-state index in [4.69, 9.17) is 4.74 Å². The molecule has 1 N–H and O–H groups in total. The lowest BCUT2D eigenvalue weighted by Gasteiger charge is -2.17. The number of ether oxygens (including phenoxy) is 1. The van der Waals surface area contributed by atoms with Gasteiger partial charge in [-0.2, -0.15) is 0 Å². The molecule has 0 aliphatic rings. The van der Waals surface area contributed by atoms with Crippen LogP contribution in [-0.4, -0.2) is 25.0 Å². The van der Waals surface area contributed by atoms with E-state index in [1.165, 1.54) is 7.11 Å². The maximum atomic E-state index is 13.2. The van der Waals surface area contributed by atoms with Crippen LogP contribution in [0, 0.1) is 11.6 Å². The Kier molecular flexibility index (Phi) is 6.64. The Morgan fingerprint density at radius 1 is 1.12 bits per heavy atom. The van der Waals surface area contributed by atoms with E-state index in [1.807, 2.05) is 24.3 Å². The van der Waals surface area contributed by atoms with E-state index >= 15 is 0 Å². The average Bonchev–Trinajstić information content (AvgIpc) is 2.52. The molecule has 0 saturated heterocycles. The van der Waals surface area contributed by atoms with E-state index in [2.05, 4.69) is 21.2 Å². The first kappa shape index (κ1) is 19.1. The van der Waals surface area contributed by atoms with Gasteiger partial charge in [-0.3, -0.25) is 4.79 Å². The largest absolute Gasteiger partial charge is 0.467 e. The number of amides is 1. The van der Waals surface area contributed by atoms with Gasteiger partial charge in [0.25, 0.3) is 0 Å². The third kappa shape index (κ3) is 5.94. The van der Waals surface area contributed by atoms with Crippen LogP contribution in [0.2, 0.25) is 0 Å². The third-order valence-corrected chi connectivity index (χ3v) is 3.93. The minimum atomic E-state index is -0.898. The van der Waals surface area contributed by atoms with Gasteiger partial charge >= 0.3 is 5.97 Å². The van der Waals surface area contributed by atoms with Crippen molar-refractivity contribution < 1.29 is 23.1 Å². The summed E-state index contributed by atoms with van der Waals surface area (Å²) in [6.07, 6.45) is -0.0178. The van der Waals surface area contributed by atoms with Crippen molar-refractivity contribution in [2.75, 3.05) is 7.11 Å². The van der Waals surface area contributed by atoms with Gasteiger partial charge in [-0.25, -0.2) is 13.6 Å². The molecule has 0 fully saturated rings. The fourth-order valence-corrected chi connectivity index (χ4v) is 2.83. The number of rotatable bonds is 6. The summed E-state index contributed by atoms with van der Waals surface area (Å²) in [5.74, 6) is -2.66. The number of halogens is 3. The first-order chi connectivity index (χ1) is 11.9. The highest BCUT2D eigenvalue weighted by molar-refractivity contribution is 9.10. The monoisotopic (exact) mass is 411 g/mol. The molecular weight excluding hydrogens is 396 g/mol. The van der Waals surface area contributed by atoms with E-state index in [9.17, 15) is 18.4 Å². The number of carbonyl (C=O) groups excluding carboxylic acids is 2. The highest BCUT2D eigenvalue weighted by Gasteiger charge is 2.22. The smallest absolute Gasteiger partial charge is 0.328 e. The molecule has 1 atom stereocenters. The minimum Gasteiger partial charge on any atom is -0.467 e. The van der Waals surface area contributed by atoms with Crippen molar-refractivity contribution in [3.8, 4) is 0 Å². The maximum Gasteiger partial charge on any atom is 0.328 e. The number of hydrogen-bond donors (Lipinski definition) is 1. The highest BCUT2D eigenvalue weighted by atomic mass is 79.9. The summed E-state index contributed by atoms with van der Waals surface area (Å²) >= 11 is 3.34. The molecule has 0 aliphatic carbocycles. The molecule has 0 spiro atoms. The van der Waals surface area contributed by atoms with Crippen LogP contribution in [0.3, 0.4) is 0 Å². The van der Waals surface area contributed by atoms with E-state index in [1.54, 1.807) is 0 Å². The second-order valence-corrected chi connectivity index (χ2v) is 6.35. The van der Waals surface area contributed by atoms with Crippen LogP contribution < -0.4 is 5.32 Å². The van der Waals surface area contributed by atoms with Crippen LogP contribution in [0.4, 0.5) is 8.78 Å². The Hall–Kier alpha value is -2.28. The lowest BCUT2D eigenvalue weighted by atomic mass is 10.1. The predicted octanol–water partition coefficient (Wildman–Crippen LogP) is 3.17. The molecule has 25 heavy (non-hydrogen) atoms. The fourth-order valence-electron chi connectivity index (χ4n) is 2.38. The zero-order chi connectivity index (χ0) is 18.4. The SMILES string of the molecule is COC(=O)[C@@H](Cc1cccc(Br)c1)NC(=O)Cc1cc(F)cc(F)c1. The molecule has 0 radical (unpaired) electrons. The van der Waals surface area contributed by atoms with Crippen molar-refractivity contribution >= 4 is 27.8 Å². The summed E-state index contributed by atoms with van der Waals surface area (Å²) in [5, 5.41) is 2.55. The normalized spacial score (nSPS) is 11.7.